The fraction of sp³-hybridized carbons (Fsp3) is 0.513. The molecule has 4 aromatic heterocycles. The molecule has 0 radical (unpaired) electrons. The number of piperidine rings is 5. The van der Waals surface area contributed by atoms with Crippen LogP contribution in [0.2, 0.25) is 0 Å². The molecule has 0 unspecified atom stereocenters. The summed E-state index contributed by atoms with van der Waals surface area (Å²) in [7, 11) is 2.24. The number of hydrogen-bond acceptors (Lipinski definition) is 15. The highest BCUT2D eigenvalue weighted by molar-refractivity contribution is 5.90. The second-order valence-corrected chi connectivity index (χ2v) is 42.2. The monoisotopic (exact) mass is 1860 g/mol. The number of benzene rings is 8. The minimum atomic E-state index is -0.829. The number of H-pyrrole nitrogens is 4. The maximum Gasteiger partial charge on any atom is 0.160 e. The molecule has 0 amide bonds. The average Bonchev–Trinajstić information content (AvgIpc) is 1.48. The van der Waals surface area contributed by atoms with Gasteiger partial charge in [0.05, 0.1) is 0 Å². The molecule has 0 atom stereocenters. The summed E-state index contributed by atoms with van der Waals surface area (Å²) in [5.74, 6) is -1.84. The SMILES string of the molecule is CC(C)N1CCN(CCCNC2CCN(c3cccc(-c4cc5ccccc5[nH]4)c3)CC2)CC1.CC(C)N1CCN(CCNC2CCN(c3cccc(-c4cc5cc(F)c(F)cc5[nH]4)c3)CC2)CC1.Cc1ccc(N2CCC(NC3CCN(C)CC3)CC2)cc1-c1cc2ccccc2[nH]1.Cc1ccc(N2CCC(NCC3(N4CCN(C(C)C)CC4)CCC3)CC2)cc1-c1cc2cc(F)ccc2[nH]1. The number of nitrogens with one attached hydrogen (secondary N) is 8. The lowest BCUT2D eigenvalue weighted by atomic mass is 9.74. The second kappa shape index (κ2) is 45.8. The van der Waals surface area contributed by atoms with Crippen molar-refractivity contribution in [1.82, 2.24) is 75.5 Å². The molecule has 8 saturated heterocycles. The maximum absolute atomic E-state index is 13.7. The molecule has 1 aliphatic carbocycles. The summed E-state index contributed by atoms with van der Waals surface area (Å²) in [5.41, 5.74) is 21.3. The van der Waals surface area contributed by atoms with Crippen LogP contribution in [0.25, 0.3) is 88.6 Å². The van der Waals surface area contributed by atoms with Gasteiger partial charge >= 0.3 is 0 Å². The van der Waals surface area contributed by atoms with Gasteiger partial charge in [-0.3, -0.25) is 24.5 Å². The van der Waals surface area contributed by atoms with Gasteiger partial charge < -0.3 is 70.6 Å². The third kappa shape index (κ3) is 24.9. The lowest BCUT2D eigenvalue weighted by Crippen LogP contribution is -2.65. The Morgan fingerprint density at radius 3 is 1.23 bits per heavy atom. The van der Waals surface area contributed by atoms with E-state index < -0.39 is 11.6 Å². The molecular formula is C115H156F3N19. The number of fused-ring (bicyclic) bond motifs is 4. The van der Waals surface area contributed by atoms with Gasteiger partial charge in [0.1, 0.15) is 5.82 Å². The van der Waals surface area contributed by atoms with Gasteiger partial charge in [0.15, 0.2) is 11.6 Å². The van der Waals surface area contributed by atoms with E-state index in [2.05, 4.69) is 303 Å². The van der Waals surface area contributed by atoms with Crippen molar-refractivity contribution in [1.29, 1.82) is 0 Å². The first-order chi connectivity index (χ1) is 66.7. The topological polar surface area (TPSA) is 147 Å². The fourth-order valence-electron chi connectivity index (χ4n) is 23.0. The summed E-state index contributed by atoms with van der Waals surface area (Å²) < 4.78 is 40.9. The van der Waals surface area contributed by atoms with Crippen LogP contribution in [0.5, 0.6) is 0 Å². The summed E-state index contributed by atoms with van der Waals surface area (Å²) >= 11 is 0. The highest BCUT2D eigenvalue weighted by atomic mass is 19.2. The highest BCUT2D eigenvalue weighted by Crippen LogP contribution is 2.41. The summed E-state index contributed by atoms with van der Waals surface area (Å²) in [6.45, 7) is 49.6. The van der Waals surface area contributed by atoms with Crippen molar-refractivity contribution in [3.63, 3.8) is 0 Å². The lowest BCUT2D eigenvalue weighted by Gasteiger charge is -2.54. The van der Waals surface area contributed by atoms with E-state index in [1.165, 1.54) is 277 Å². The molecule has 22 heteroatoms. The van der Waals surface area contributed by atoms with Crippen molar-refractivity contribution >= 4 is 66.4 Å². The summed E-state index contributed by atoms with van der Waals surface area (Å²) in [6, 6.07) is 69.3. The van der Waals surface area contributed by atoms with Crippen LogP contribution in [0, 0.1) is 31.3 Å². The van der Waals surface area contributed by atoms with Crippen LogP contribution in [0.4, 0.5) is 35.9 Å². The Kier molecular flexibility index (Phi) is 32.7. The van der Waals surface area contributed by atoms with E-state index in [1.54, 1.807) is 6.07 Å². The third-order valence-corrected chi connectivity index (χ3v) is 32.2. The number of nitrogens with zero attached hydrogens (tertiary/aromatic N) is 11. The highest BCUT2D eigenvalue weighted by Gasteiger charge is 2.44. The van der Waals surface area contributed by atoms with E-state index >= 15 is 0 Å². The van der Waals surface area contributed by atoms with Crippen molar-refractivity contribution in [2.45, 2.75) is 199 Å². The van der Waals surface area contributed by atoms with Crippen LogP contribution in [-0.2, 0) is 0 Å². The minimum Gasteiger partial charge on any atom is -0.371 e. The predicted octanol–water partition coefficient (Wildman–Crippen LogP) is 20.1. The number of aromatic nitrogens is 4. The molecule has 12 heterocycles. The molecule has 0 spiro atoms. The molecule has 8 aromatic carbocycles. The Morgan fingerprint density at radius 1 is 0.343 bits per heavy atom. The van der Waals surface area contributed by atoms with Gasteiger partial charge in [0.25, 0.3) is 0 Å². The van der Waals surface area contributed by atoms with Crippen molar-refractivity contribution in [2.75, 3.05) is 203 Å². The molecule has 0 bridgehead atoms. The number of likely N-dealkylation sites (tertiary alicyclic amines) is 1. The quantitative estimate of drug-likeness (QED) is 0.0243. The van der Waals surface area contributed by atoms with E-state index in [9.17, 15) is 13.2 Å². The van der Waals surface area contributed by atoms with Crippen molar-refractivity contribution in [3.05, 3.63) is 217 Å². The first kappa shape index (κ1) is 97.7. The van der Waals surface area contributed by atoms with Crippen LogP contribution < -0.4 is 40.9 Å². The molecule has 732 valence electrons. The third-order valence-electron chi connectivity index (χ3n) is 32.2. The smallest absolute Gasteiger partial charge is 0.160 e. The van der Waals surface area contributed by atoms with Crippen LogP contribution in [0.15, 0.2) is 188 Å². The number of aromatic amines is 4. The number of rotatable bonds is 26. The zero-order valence-corrected chi connectivity index (χ0v) is 83.6. The summed E-state index contributed by atoms with van der Waals surface area (Å²) in [4.78, 5) is 42.3. The predicted molar refractivity (Wildman–Crippen MR) is 569 cm³/mol. The Balaban J connectivity index is 0.000000122. The number of anilines is 4. The van der Waals surface area contributed by atoms with E-state index in [4.69, 9.17) is 0 Å². The molecule has 9 fully saturated rings. The number of para-hydroxylation sites is 2. The van der Waals surface area contributed by atoms with Gasteiger partial charge in [-0.1, -0.05) is 72.8 Å². The molecule has 21 rings (SSSR count). The van der Waals surface area contributed by atoms with Gasteiger partial charge in [0.2, 0.25) is 0 Å². The van der Waals surface area contributed by atoms with Crippen molar-refractivity contribution in [2.24, 2.45) is 0 Å². The van der Waals surface area contributed by atoms with Crippen molar-refractivity contribution < 1.29 is 13.2 Å². The molecule has 19 nitrogen and oxygen atoms in total. The Morgan fingerprint density at radius 2 is 0.745 bits per heavy atom. The molecule has 9 aliphatic rings. The number of halogens is 3. The van der Waals surface area contributed by atoms with Crippen LogP contribution in [-0.4, -0.2) is 292 Å². The second-order valence-electron chi connectivity index (χ2n) is 42.2. The van der Waals surface area contributed by atoms with Crippen LogP contribution in [0.3, 0.4) is 0 Å². The Hall–Kier alpha value is -9.53. The maximum atomic E-state index is 13.7. The summed E-state index contributed by atoms with van der Waals surface area (Å²) in [5, 5.41) is 19.7. The lowest BCUT2D eigenvalue weighted by molar-refractivity contribution is -0.0252. The number of aryl methyl sites for hydroxylation is 2. The molecule has 8 N–H and O–H groups in total. The van der Waals surface area contributed by atoms with Crippen molar-refractivity contribution in [3.8, 4) is 45.0 Å². The van der Waals surface area contributed by atoms with Gasteiger partial charge in [-0.25, -0.2) is 13.2 Å². The molecular weight excluding hydrogens is 1700 g/mol. The van der Waals surface area contributed by atoms with Gasteiger partial charge in [-0.05, 0) is 310 Å². The van der Waals surface area contributed by atoms with E-state index in [0.717, 1.165) is 119 Å². The van der Waals surface area contributed by atoms with Gasteiger partial charge in [-0.15, -0.1) is 0 Å². The Labute approximate surface area is 814 Å². The zero-order chi connectivity index (χ0) is 94.5. The number of hydrogen-bond donors (Lipinski definition) is 8. The summed E-state index contributed by atoms with van der Waals surface area (Å²) in [6.07, 6.45) is 17.5. The van der Waals surface area contributed by atoms with Crippen LogP contribution in [0.1, 0.15) is 143 Å². The van der Waals surface area contributed by atoms with E-state index in [0.29, 0.717) is 64.8 Å². The average molecular weight is 1860 g/mol. The normalized spacial score (nSPS) is 19.7. The van der Waals surface area contributed by atoms with Gasteiger partial charge in [-0.2, -0.15) is 0 Å². The standard InChI is InChI=1S/C32H44FN5.C29H41N5.C28H37F2N5.C26H34N4/c1-23(2)36-15-17-38(18-16-36)32(11-4-12-32)22-34-27-9-13-37(14-10-27)28-7-5-24(3)29(21-28)31-20-25-19-26(33)6-8-30(25)35-31;1-23(2)33-19-17-32(18-20-33)14-6-13-30-26-11-15-34(16-12-26)27-9-5-8-24(21-27)29-22-25-7-3-4-10-28(25)31-29;1-20(2)34-14-12-33(13-15-34)11-8-31-23-6-9-35(10-7-23)24-5-3-4-21(16-24)27-18-22-17-25(29)26(30)19-28(22)32-27;1-19-7-8-23(18-24(19)26-17-20-5-3-4-6-25(20)28-26)30-15-11-22(12-16-30)27-21-9-13-29(2)14-10-21/h5-8,19-21,23,27,34-35H,4,9-18,22H2,1-3H3;3-5,7-10,21-23,26,30-31H,6,11-20H2,1-2H3;3-5,16-20,23,31-32H,6-15H2,1-2H3;3-8,17-18,21-22,27-28H,9-16H2,1-2H3. The van der Waals surface area contributed by atoms with E-state index in [-0.39, 0.29) is 5.82 Å². The number of piperazine rings is 3. The van der Waals surface area contributed by atoms with Gasteiger partial charge in [0, 0.05) is 311 Å². The molecule has 1 saturated carbocycles. The van der Waals surface area contributed by atoms with Crippen LogP contribution >= 0.6 is 0 Å². The van der Waals surface area contributed by atoms with E-state index in [1.807, 2.05) is 18.2 Å². The fourth-order valence-corrected chi connectivity index (χ4v) is 23.0. The zero-order valence-electron chi connectivity index (χ0n) is 83.6. The first-order valence-electron chi connectivity index (χ1n) is 52.6. The molecule has 137 heavy (non-hydrogen) atoms. The Bertz CT molecular complexity index is 5720. The molecule has 8 aliphatic heterocycles. The largest absolute Gasteiger partial charge is 0.371 e. The minimum absolute atomic E-state index is 0.193. The first-order valence-corrected chi connectivity index (χ1v) is 52.6. The molecule has 12 aromatic rings.